The zero-order chi connectivity index (χ0) is 15.2. The van der Waals surface area contributed by atoms with E-state index in [-0.39, 0.29) is 12.1 Å². The van der Waals surface area contributed by atoms with Crippen LogP contribution in [-0.4, -0.2) is 27.0 Å². The first-order valence-corrected chi connectivity index (χ1v) is 6.79. The number of carbonyl (C=O) groups is 1. The summed E-state index contributed by atoms with van der Waals surface area (Å²) in [6.07, 6.45) is 2.84. The van der Waals surface area contributed by atoms with Crippen molar-refractivity contribution in [1.29, 1.82) is 0 Å². The number of aliphatic hydroxyl groups excluding tert-OH is 1. The first kappa shape index (κ1) is 15.1. The molecule has 0 radical (unpaired) electrons. The number of furan rings is 1. The van der Waals surface area contributed by atoms with Crippen molar-refractivity contribution < 1.29 is 14.3 Å². The second-order valence-corrected chi connectivity index (χ2v) is 4.94. The van der Waals surface area contributed by atoms with Crippen LogP contribution in [0.2, 0.25) is 0 Å². The molecule has 21 heavy (non-hydrogen) atoms. The summed E-state index contributed by atoms with van der Waals surface area (Å²) in [6.45, 7) is 2.23. The van der Waals surface area contributed by atoms with Crippen molar-refractivity contribution in [2.45, 2.75) is 32.0 Å². The van der Waals surface area contributed by atoms with Crippen LogP contribution in [0.4, 0.5) is 4.79 Å². The van der Waals surface area contributed by atoms with Crippen molar-refractivity contribution in [2.75, 3.05) is 0 Å². The molecule has 0 spiro atoms. The van der Waals surface area contributed by atoms with Crippen molar-refractivity contribution in [1.82, 2.24) is 20.4 Å². The standard InChI is InChI=1S/C14H20N4O3/c1-10(8-12(19)13-4-3-7-21-13)17-14(20)15-9-11-5-6-16-18(11)2/h3-7,10,12,19H,8-9H2,1-2H3,(H2,15,17,20). The lowest BCUT2D eigenvalue weighted by Crippen LogP contribution is -2.41. The fourth-order valence-electron chi connectivity index (χ4n) is 2.01. The molecule has 7 nitrogen and oxygen atoms in total. The number of rotatable bonds is 6. The molecule has 0 saturated carbocycles. The van der Waals surface area contributed by atoms with E-state index in [0.717, 1.165) is 5.69 Å². The highest BCUT2D eigenvalue weighted by molar-refractivity contribution is 5.74. The van der Waals surface area contributed by atoms with E-state index in [1.54, 1.807) is 23.0 Å². The lowest BCUT2D eigenvalue weighted by molar-refractivity contribution is 0.129. The predicted octanol–water partition coefficient (Wildman–Crippen LogP) is 1.32. The highest BCUT2D eigenvalue weighted by Gasteiger charge is 2.16. The molecule has 2 heterocycles. The van der Waals surface area contributed by atoms with Crippen LogP contribution in [-0.2, 0) is 13.6 Å². The molecule has 2 amide bonds. The zero-order valence-corrected chi connectivity index (χ0v) is 12.1. The second-order valence-electron chi connectivity index (χ2n) is 4.94. The summed E-state index contributed by atoms with van der Waals surface area (Å²) in [7, 11) is 1.82. The minimum absolute atomic E-state index is 0.184. The summed E-state index contributed by atoms with van der Waals surface area (Å²) in [5, 5.41) is 19.5. The Morgan fingerprint density at radius 2 is 2.33 bits per heavy atom. The minimum atomic E-state index is -0.729. The molecule has 2 rings (SSSR count). The van der Waals surface area contributed by atoms with E-state index in [0.29, 0.717) is 18.7 Å². The van der Waals surface area contributed by atoms with Crippen LogP contribution in [0.3, 0.4) is 0 Å². The fraction of sp³-hybridized carbons (Fsp3) is 0.429. The Hall–Kier alpha value is -2.28. The summed E-state index contributed by atoms with van der Waals surface area (Å²) in [4.78, 5) is 11.8. The van der Waals surface area contributed by atoms with Gasteiger partial charge in [0.1, 0.15) is 11.9 Å². The molecule has 0 bridgehead atoms. The summed E-state index contributed by atoms with van der Waals surface area (Å²) >= 11 is 0. The van der Waals surface area contributed by atoms with Gasteiger partial charge in [0.2, 0.25) is 0 Å². The average molecular weight is 292 g/mol. The summed E-state index contributed by atoms with van der Waals surface area (Å²) in [5.74, 6) is 0.499. The number of hydrogen-bond donors (Lipinski definition) is 3. The van der Waals surface area contributed by atoms with Crippen molar-refractivity contribution >= 4 is 6.03 Å². The van der Waals surface area contributed by atoms with E-state index in [1.807, 2.05) is 20.0 Å². The maximum absolute atomic E-state index is 11.8. The van der Waals surface area contributed by atoms with Crippen molar-refractivity contribution in [3.8, 4) is 0 Å². The molecule has 7 heteroatoms. The third-order valence-electron chi connectivity index (χ3n) is 3.18. The second kappa shape index (κ2) is 6.94. The third-order valence-corrected chi connectivity index (χ3v) is 3.18. The maximum atomic E-state index is 11.8. The van der Waals surface area contributed by atoms with Gasteiger partial charge >= 0.3 is 6.03 Å². The van der Waals surface area contributed by atoms with Crippen LogP contribution in [0.25, 0.3) is 0 Å². The fourth-order valence-corrected chi connectivity index (χ4v) is 2.01. The van der Waals surface area contributed by atoms with Crippen molar-refractivity contribution in [3.63, 3.8) is 0 Å². The molecule has 0 aliphatic carbocycles. The number of amides is 2. The summed E-state index contributed by atoms with van der Waals surface area (Å²) in [6, 6.07) is 4.80. The lowest BCUT2D eigenvalue weighted by Gasteiger charge is -2.17. The van der Waals surface area contributed by atoms with Gasteiger partial charge in [-0.3, -0.25) is 4.68 Å². The Morgan fingerprint density at radius 3 is 2.95 bits per heavy atom. The van der Waals surface area contributed by atoms with E-state index in [2.05, 4.69) is 15.7 Å². The van der Waals surface area contributed by atoms with Crippen LogP contribution in [0.15, 0.2) is 35.1 Å². The minimum Gasteiger partial charge on any atom is -0.467 e. The van der Waals surface area contributed by atoms with Gasteiger partial charge in [-0.05, 0) is 25.1 Å². The first-order valence-electron chi connectivity index (χ1n) is 6.79. The molecule has 2 aromatic rings. The smallest absolute Gasteiger partial charge is 0.315 e. The van der Waals surface area contributed by atoms with Gasteiger partial charge < -0.3 is 20.2 Å². The molecular formula is C14H20N4O3. The molecule has 0 aromatic carbocycles. The van der Waals surface area contributed by atoms with Gasteiger partial charge in [0.15, 0.2) is 0 Å². The van der Waals surface area contributed by atoms with Gasteiger partial charge in [-0.25, -0.2) is 4.79 Å². The number of nitrogens with zero attached hydrogens (tertiary/aromatic N) is 2. The Labute approximate surface area is 123 Å². The highest BCUT2D eigenvalue weighted by atomic mass is 16.4. The SMILES string of the molecule is CC(CC(O)c1ccco1)NC(=O)NCc1ccnn1C. The molecule has 2 aromatic heterocycles. The molecule has 2 atom stereocenters. The van der Waals surface area contributed by atoms with E-state index >= 15 is 0 Å². The third kappa shape index (κ3) is 4.35. The van der Waals surface area contributed by atoms with Gasteiger partial charge in [0.05, 0.1) is 18.5 Å². The number of aryl methyl sites for hydroxylation is 1. The molecule has 0 aliphatic rings. The Balaban J connectivity index is 1.73. The summed E-state index contributed by atoms with van der Waals surface area (Å²) < 4.78 is 6.82. The largest absolute Gasteiger partial charge is 0.467 e. The number of hydrogen-bond acceptors (Lipinski definition) is 4. The van der Waals surface area contributed by atoms with Crippen molar-refractivity contribution in [3.05, 3.63) is 42.1 Å². The van der Waals surface area contributed by atoms with Gasteiger partial charge in [0, 0.05) is 25.7 Å². The van der Waals surface area contributed by atoms with E-state index in [9.17, 15) is 9.90 Å². The number of carbonyl (C=O) groups excluding carboxylic acids is 1. The average Bonchev–Trinajstić information content (AvgIpc) is 3.07. The normalized spacial score (nSPS) is 13.7. The molecule has 0 fully saturated rings. The molecule has 3 N–H and O–H groups in total. The van der Waals surface area contributed by atoms with Gasteiger partial charge in [-0.15, -0.1) is 0 Å². The van der Waals surface area contributed by atoms with Gasteiger partial charge in [-0.1, -0.05) is 0 Å². The van der Waals surface area contributed by atoms with Crippen molar-refractivity contribution in [2.24, 2.45) is 7.05 Å². The van der Waals surface area contributed by atoms with Crippen LogP contribution in [0, 0.1) is 0 Å². The maximum Gasteiger partial charge on any atom is 0.315 e. The monoisotopic (exact) mass is 292 g/mol. The van der Waals surface area contributed by atoms with Crippen LogP contribution in [0.5, 0.6) is 0 Å². The number of aromatic nitrogens is 2. The quantitative estimate of drug-likeness (QED) is 0.749. The number of aliphatic hydroxyl groups is 1. The summed E-state index contributed by atoms with van der Waals surface area (Å²) in [5.41, 5.74) is 0.911. The Kier molecular flexibility index (Phi) is 4.99. The highest BCUT2D eigenvalue weighted by Crippen LogP contribution is 2.18. The number of nitrogens with one attached hydrogen (secondary N) is 2. The van der Waals surface area contributed by atoms with E-state index < -0.39 is 6.10 Å². The topological polar surface area (TPSA) is 92.3 Å². The molecule has 0 saturated heterocycles. The predicted molar refractivity (Wildman–Crippen MR) is 76.3 cm³/mol. The zero-order valence-electron chi connectivity index (χ0n) is 12.1. The van der Waals surface area contributed by atoms with Crippen LogP contribution < -0.4 is 10.6 Å². The Bertz CT molecular complexity index is 565. The van der Waals surface area contributed by atoms with Crippen LogP contribution in [0.1, 0.15) is 30.9 Å². The van der Waals surface area contributed by atoms with Crippen LogP contribution >= 0.6 is 0 Å². The lowest BCUT2D eigenvalue weighted by atomic mass is 10.1. The van der Waals surface area contributed by atoms with E-state index in [4.69, 9.17) is 4.42 Å². The molecule has 114 valence electrons. The Morgan fingerprint density at radius 1 is 1.52 bits per heavy atom. The molecule has 0 aliphatic heterocycles. The number of urea groups is 1. The molecular weight excluding hydrogens is 272 g/mol. The first-order chi connectivity index (χ1) is 10.1. The van der Waals surface area contributed by atoms with Gasteiger partial charge in [0.25, 0.3) is 0 Å². The molecule has 2 unspecified atom stereocenters. The van der Waals surface area contributed by atoms with E-state index in [1.165, 1.54) is 6.26 Å². The van der Waals surface area contributed by atoms with Gasteiger partial charge in [-0.2, -0.15) is 5.10 Å².